The number of fused-ring (bicyclic) bond motifs is 1. The standard InChI is InChI=1S/C28H33N3O3S/c1-28(2)16-22-26(24(32)17-28)27(19-8-10-20(35-3)11-9-19)31(23-7-5-4-6-21(23)29-22)18-25(33)30-12-14-34-15-13-30/h4-11,27,29H,12-18H2,1-3H3. The van der Waals surface area contributed by atoms with Crippen molar-refractivity contribution in [1.29, 1.82) is 0 Å². The molecule has 0 radical (unpaired) electrons. The molecule has 0 bridgehead atoms. The largest absolute Gasteiger partial charge is 0.378 e. The number of benzene rings is 2. The van der Waals surface area contributed by atoms with Crippen LogP contribution in [0.25, 0.3) is 0 Å². The van der Waals surface area contributed by atoms with Crippen molar-refractivity contribution in [2.24, 2.45) is 5.41 Å². The van der Waals surface area contributed by atoms with Crippen LogP contribution in [0, 0.1) is 5.41 Å². The number of carbonyl (C=O) groups is 2. The Labute approximate surface area is 211 Å². The summed E-state index contributed by atoms with van der Waals surface area (Å²) in [6, 6.07) is 16.2. The number of rotatable bonds is 4. The molecule has 1 amide bonds. The lowest BCUT2D eigenvalue weighted by Gasteiger charge is -2.39. The maximum atomic E-state index is 13.7. The molecule has 35 heavy (non-hydrogen) atoms. The van der Waals surface area contributed by atoms with Crippen LogP contribution >= 0.6 is 11.8 Å². The SMILES string of the molecule is CSc1ccc(C2C3=C(CC(C)(C)CC3=O)Nc3ccccc3N2CC(=O)N2CCOCC2)cc1. The van der Waals surface area contributed by atoms with Gasteiger partial charge in [-0.2, -0.15) is 0 Å². The van der Waals surface area contributed by atoms with E-state index in [1.165, 1.54) is 4.90 Å². The predicted octanol–water partition coefficient (Wildman–Crippen LogP) is 4.88. The number of carbonyl (C=O) groups excluding carboxylic acids is 2. The Morgan fingerprint density at radius 2 is 1.80 bits per heavy atom. The van der Waals surface area contributed by atoms with Crippen molar-refractivity contribution in [3.05, 3.63) is 65.4 Å². The monoisotopic (exact) mass is 491 g/mol. The van der Waals surface area contributed by atoms with Gasteiger partial charge in [0.1, 0.15) is 0 Å². The van der Waals surface area contributed by atoms with Gasteiger partial charge in [-0.1, -0.05) is 38.1 Å². The van der Waals surface area contributed by atoms with E-state index in [1.54, 1.807) is 11.8 Å². The zero-order valence-electron chi connectivity index (χ0n) is 20.7. The average molecular weight is 492 g/mol. The van der Waals surface area contributed by atoms with Crippen molar-refractivity contribution in [2.45, 2.75) is 37.6 Å². The number of nitrogens with zero attached hydrogens (tertiary/aromatic N) is 2. The zero-order chi connectivity index (χ0) is 24.6. The van der Waals surface area contributed by atoms with Gasteiger partial charge < -0.3 is 19.9 Å². The summed E-state index contributed by atoms with van der Waals surface area (Å²) < 4.78 is 5.46. The number of ether oxygens (including phenoxy) is 1. The second kappa shape index (κ2) is 9.70. The number of Topliss-reactive ketones (excluding diaryl/α,β-unsaturated/α-hetero) is 1. The molecule has 1 atom stereocenters. The lowest BCUT2D eigenvalue weighted by Crippen LogP contribution is -2.47. The second-order valence-electron chi connectivity index (χ2n) is 10.3. The smallest absolute Gasteiger partial charge is 0.242 e. The molecule has 5 rings (SSSR count). The van der Waals surface area contributed by atoms with Gasteiger partial charge in [0, 0.05) is 35.7 Å². The van der Waals surface area contributed by atoms with E-state index in [-0.39, 0.29) is 29.7 Å². The number of amides is 1. The first-order chi connectivity index (χ1) is 16.9. The molecule has 0 aromatic heterocycles. The fourth-order valence-electron chi connectivity index (χ4n) is 5.42. The van der Waals surface area contributed by atoms with Gasteiger partial charge in [-0.05, 0) is 47.9 Å². The summed E-state index contributed by atoms with van der Waals surface area (Å²) in [5.41, 5.74) is 4.53. The van der Waals surface area contributed by atoms with Crippen LogP contribution in [0.4, 0.5) is 11.4 Å². The third kappa shape index (κ3) is 4.84. The highest BCUT2D eigenvalue weighted by atomic mass is 32.2. The van der Waals surface area contributed by atoms with Crippen molar-refractivity contribution in [1.82, 2.24) is 4.90 Å². The normalized spacial score (nSPS) is 21.7. The molecular formula is C28H33N3O3S. The molecule has 1 unspecified atom stereocenters. The highest BCUT2D eigenvalue weighted by molar-refractivity contribution is 7.98. The minimum absolute atomic E-state index is 0.0569. The molecule has 1 saturated heterocycles. The molecule has 1 N–H and O–H groups in total. The highest BCUT2D eigenvalue weighted by Crippen LogP contribution is 2.48. The van der Waals surface area contributed by atoms with Crippen molar-refractivity contribution < 1.29 is 14.3 Å². The molecule has 7 heteroatoms. The van der Waals surface area contributed by atoms with Crippen LogP contribution in [-0.2, 0) is 14.3 Å². The fraction of sp³-hybridized carbons (Fsp3) is 0.429. The number of hydrogen-bond acceptors (Lipinski definition) is 6. The topological polar surface area (TPSA) is 61.9 Å². The summed E-state index contributed by atoms with van der Waals surface area (Å²) in [5.74, 6) is 0.209. The van der Waals surface area contributed by atoms with Gasteiger partial charge in [0.2, 0.25) is 5.91 Å². The van der Waals surface area contributed by atoms with Crippen molar-refractivity contribution in [3.63, 3.8) is 0 Å². The van der Waals surface area contributed by atoms with Gasteiger partial charge in [0.15, 0.2) is 5.78 Å². The number of nitrogens with one attached hydrogen (secondary N) is 1. The highest BCUT2D eigenvalue weighted by Gasteiger charge is 2.42. The minimum atomic E-state index is -0.342. The molecule has 2 aliphatic heterocycles. The first kappa shape index (κ1) is 23.9. The van der Waals surface area contributed by atoms with Gasteiger partial charge in [-0.3, -0.25) is 9.59 Å². The van der Waals surface area contributed by atoms with Gasteiger partial charge in [0.05, 0.1) is 37.2 Å². The summed E-state index contributed by atoms with van der Waals surface area (Å²) in [4.78, 5) is 32.4. The van der Waals surface area contributed by atoms with E-state index < -0.39 is 0 Å². The van der Waals surface area contributed by atoms with Crippen LogP contribution in [-0.4, -0.2) is 55.7 Å². The molecule has 184 valence electrons. The van der Waals surface area contributed by atoms with Crippen molar-refractivity contribution >= 4 is 34.8 Å². The molecule has 1 fully saturated rings. The van der Waals surface area contributed by atoms with Crippen LogP contribution in [0.2, 0.25) is 0 Å². The molecule has 6 nitrogen and oxygen atoms in total. The summed E-state index contributed by atoms with van der Waals surface area (Å²) in [5, 5.41) is 3.62. The molecule has 2 heterocycles. The molecule has 0 spiro atoms. The number of para-hydroxylation sites is 2. The summed E-state index contributed by atoms with van der Waals surface area (Å²) in [7, 11) is 0. The van der Waals surface area contributed by atoms with Crippen LogP contribution in [0.1, 0.15) is 38.3 Å². The Morgan fingerprint density at radius 1 is 1.09 bits per heavy atom. The lowest BCUT2D eigenvalue weighted by atomic mass is 9.73. The number of anilines is 2. The maximum Gasteiger partial charge on any atom is 0.242 e. The van der Waals surface area contributed by atoms with Crippen LogP contribution in [0.5, 0.6) is 0 Å². The number of ketones is 1. The molecule has 1 aliphatic carbocycles. The third-order valence-corrected chi connectivity index (χ3v) is 7.85. The summed E-state index contributed by atoms with van der Waals surface area (Å²) in [6.07, 6.45) is 3.34. The number of hydrogen-bond donors (Lipinski definition) is 1. The Hall–Kier alpha value is -2.77. The van der Waals surface area contributed by atoms with E-state index in [1.807, 2.05) is 29.2 Å². The van der Waals surface area contributed by atoms with E-state index >= 15 is 0 Å². The van der Waals surface area contributed by atoms with Gasteiger partial charge in [-0.15, -0.1) is 11.8 Å². The minimum Gasteiger partial charge on any atom is -0.378 e. The number of morpholine rings is 1. The van der Waals surface area contributed by atoms with Gasteiger partial charge in [-0.25, -0.2) is 0 Å². The summed E-state index contributed by atoms with van der Waals surface area (Å²) >= 11 is 1.69. The van der Waals surface area contributed by atoms with Gasteiger partial charge >= 0.3 is 0 Å². The zero-order valence-corrected chi connectivity index (χ0v) is 21.5. The second-order valence-corrected chi connectivity index (χ2v) is 11.2. The first-order valence-corrected chi connectivity index (χ1v) is 13.5. The van der Waals surface area contributed by atoms with E-state index in [4.69, 9.17) is 4.74 Å². The number of thioether (sulfide) groups is 1. The molecule has 2 aromatic rings. The molecule has 3 aliphatic rings. The van der Waals surface area contributed by atoms with E-state index in [0.29, 0.717) is 32.7 Å². The van der Waals surface area contributed by atoms with Crippen LogP contribution in [0.15, 0.2) is 64.7 Å². The lowest BCUT2D eigenvalue weighted by molar-refractivity contribution is -0.133. The summed E-state index contributed by atoms with van der Waals surface area (Å²) in [6.45, 7) is 6.81. The molecule has 0 saturated carbocycles. The van der Waals surface area contributed by atoms with Crippen molar-refractivity contribution in [3.8, 4) is 0 Å². The van der Waals surface area contributed by atoms with E-state index in [9.17, 15) is 9.59 Å². The third-order valence-electron chi connectivity index (χ3n) is 7.11. The van der Waals surface area contributed by atoms with Crippen LogP contribution in [0.3, 0.4) is 0 Å². The van der Waals surface area contributed by atoms with Crippen molar-refractivity contribution in [2.75, 3.05) is 49.3 Å². The maximum absolute atomic E-state index is 13.7. The van der Waals surface area contributed by atoms with E-state index in [2.05, 4.69) is 54.6 Å². The fourth-order valence-corrected chi connectivity index (χ4v) is 5.83. The first-order valence-electron chi connectivity index (χ1n) is 12.2. The Morgan fingerprint density at radius 3 is 2.51 bits per heavy atom. The molecular weight excluding hydrogens is 458 g/mol. The number of allylic oxidation sites excluding steroid dienone is 1. The average Bonchev–Trinajstić information content (AvgIpc) is 2.98. The predicted molar refractivity (Wildman–Crippen MR) is 141 cm³/mol. The van der Waals surface area contributed by atoms with E-state index in [0.717, 1.165) is 34.6 Å². The Bertz CT molecular complexity index is 1150. The Balaban J connectivity index is 1.65. The van der Waals surface area contributed by atoms with Gasteiger partial charge in [0.25, 0.3) is 0 Å². The molecule has 2 aromatic carbocycles. The van der Waals surface area contributed by atoms with Crippen LogP contribution < -0.4 is 10.2 Å². The quantitative estimate of drug-likeness (QED) is 0.615. The Kier molecular flexibility index (Phi) is 6.64.